The lowest BCUT2D eigenvalue weighted by molar-refractivity contribution is 0.0717. The molecule has 1 saturated heterocycles. The molecule has 3 aromatic rings. The molecule has 1 aromatic heterocycles. The second-order valence-corrected chi connectivity index (χ2v) is 8.95. The summed E-state index contributed by atoms with van der Waals surface area (Å²) in [5, 5.41) is 5.77. The molecule has 1 aliphatic heterocycles. The molecule has 0 spiro atoms. The van der Waals surface area contributed by atoms with Crippen molar-refractivity contribution in [2.24, 2.45) is 0 Å². The fourth-order valence-corrected chi connectivity index (χ4v) is 4.47. The summed E-state index contributed by atoms with van der Waals surface area (Å²) in [6.07, 6.45) is 3.24. The van der Waals surface area contributed by atoms with Crippen molar-refractivity contribution in [3.63, 3.8) is 0 Å². The Bertz CT molecular complexity index is 1060. The van der Waals surface area contributed by atoms with E-state index in [4.69, 9.17) is 28.3 Å². The Kier molecular flexibility index (Phi) is 6.00. The Morgan fingerprint density at radius 3 is 2.38 bits per heavy atom. The number of amides is 1. The van der Waals surface area contributed by atoms with Crippen LogP contribution in [0.5, 0.6) is 0 Å². The average Bonchev–Trinajstić information content (AvgIpc) is 3.05. The van der Waals surface area contributed by atoms with E-state index in [9.17, 15) is 4.79 Å². The van der Waals surface area contributed by atoms with Gasteiger partial charge in [0.05, 0.1) is 16.4 Å². The lowest BCUT2D eigenvalue weighted by Gasteiger charge is -2.26. The number of aromatic nitrogens is 2. The van der Waals surface area contributed by atoms with Gasteiger partial charge in [0, 0.05) is 33.7 Å². The molecule has 1 fully saturated rings. The predicted octanol–water partition coefficient (Wildman–Crippen LogP) is 6.54. The molecule has 0 unspecified atom stereocenters. The van der Waals surface area contributed by atoms with Gasteiger partial charge in [0.25, 0.3) is 5.91 Å². The van der Waals surface area contributed by atoms with E-state index in [0.717, 1.165) is 47.2 Å². The zero-order chi connectivity index (χ0) is 20.5. The highest BCUT2D eigenvalue weighted by atomic mass is 79.9. The number of piperidine rings is 1. The Morgan fingerprint density at radius 1 is 1.03 bits per heavy atom. The van der Waals surface area contributed by atoms with Crippen molar-refractivity contribution < 1.29 is 4.79 Å². The highest BCUT2D eigenvalue weighted by molar-refractivity contribution is 9.10. The van der Waals surface area contributed by atoms with E-state index in [1.54, 1.807) is 16.8 Å². The molecule has 0 saturated carbocycles. The van der Waals surface area contributed by atoms with Crippen molar-refractivity contribution >= 4 is 45.0 Å². The Hall–Kier alpha value is -1.82. The van der Waals surface area contributed by atoms with Crippen molar-refractivity contribution in [3.05, 3.63) is 68.2 Å². The van der Waals surface area contributed by atoms with Crippen LogP contribution in [0, 0.1) is 6.92 Å². The maximum atomic E-state index is 13.2. The molecule has 0 radical (unpaired) electrons. The molecular weight excluding hydrogens is 473 g/mol. The molecule has 2 heterocycles. The van der Waals surface area contributed by atoms with E-state index < -0.39 is 0 Å². The lowest BCUT2D eigenvalue weighted by atomic mass is 10.1. The first-order chi connectivity index (χ1) is 14.0. The number of rotatable bonds is 3. The molecule has 1 aliphatic rings. The summed E-state index contributed by atoms with van der Waals surface area (Å²) in [6.45, 7) is 3.50. The van der Waals surface area contributed by atoms with Crippen LogP contribution in [0.3, 0.4) is 0 Å². The molecular formula is C22H20BrCl2N3O. The molecule has 0 N–H and O–H groups in total. The van der Waals surface area contributed by atoms with E-state index >= 15 is 0 Å². The molecule has 0 atom stereocenters. The Balaban J connectivity index is 1.88. The first-order valence-electron chi connectivity index (χ1n) is 9.56. The zero-order valence-corrected chi connectivity index (χ0v) is 19.1. The van der Waals surface area contributed by atoms with Gasteiger partial charge in [-0.3, -0.25) is 4.79 Å². The van der Waals surface area contributed by atoms with Gasteiger partial charge in [-0.2, -0.15) is 5.10 Å². The van der Waals surface area contributed by atoms with Crippen LogP contribution < -0.4 is 0 Å². The van der Waals surface area contributed by atoms with Crippen LogP contribution in [0.1, 0.15) is 35.3 Å². The van der Waals surface area contributed by atoms with Crippen molar-refractivity contribution in [1.29, 1.82) is 0 Å². The maximum Gasteiger partial charge on any atom is 0.274 e. The summed E-state index contributed by atoms with van der Waals surface area (Å²) in [5.41, 5.74) is 3.81. The van der Waals surface area contributed by atoms with Gasteiger partial charge in [-0.15, -0.1) is 0 Å². The van der Waals surface area contributed by atoms with Gasteiger partial charge >= 0.3 is 0 Å². The SMILES string of the molecule is Cc1c(C(=O)N2CCCCC2)nn(-c2ccc(Cl)cc2Cl)c1-c1ccc(Br)cc1. The van der Waals surface area contributed by atoms with Crippen molar-refractivity contribution in [2.75, 3.05) is 13.1 Å². The Labute approximate surface area is 188 Å². The third kappa shape index (κ3) is 4.09. The van der Waals surface area contributed by atoms with Gasteiger partial charge in [-0.05, 0) is 56.5 Å². The van der Waals surface area contributed by atoms with Crippen LogP contribution in [0.25, 0.3) is 16.9 Å². The van der Waals surface area contributed by atoms with Gasteiger partial charge in [0.2, 0.25) is 0 Å². The first-order valence-corrected chi connectivity index (χ1v) is 11.1. The quantitative estimate of drug-likeness (QED) is 0.416. The highest BCUT2D eigenvalue weighted by Gasteiger charge is 2.27. The maximum absolute atomic E-state index is 13.2. The third-order valence-corrected chi connectivity index (χ3v) is 6.29. The van der Waals surface area contributed by atoms with E-state index in [1.807, 2.05) is 42.2 Å². The normalized spacial score (nSPS) is 14.3. The van der Waals surface area contributed by atoms with Crippen molar-refractivity contribution in [1.82, 2.24) is 14.7 Å². The largest absolute Gasteiger partial charge is 0.337 e. The first kappa shape index (κ1) is 20.5. The fraction of sp³-hybridized carbons (Fsp3) is 0.273. The third-order valence-electron chi connectivity index (χ3n) is 5.22. The van der Waals surface area contributed by atoms with Gasteiger partial charge in [-0.1, -0.05) is 51.3 Å². The molecule has 7 heteroatoms. The van der Waals surface area contributed by atoms with Crippen LogP contribution in [0.4, 0.5) is 0 Å². The molecule has 0 bridgehead atoms. The summed E-state index contributed by atoms with van der Waals surface area (Å²) < 4.78 is 2.74. The van der Waals surface area contributed by atoms with Gasteiger partial charge in [0.1, 0.15) is 0 Å². The summed E-state index contributed by atoms with van der Waals surface area (Å²) in [7, 11) is 0. The summed E-state index contributed by atoms with van der Waals surface area (Å²) >= 11 is 16.1. The molecule has 1 amide bonds. The van der Waals surface area contributed by atoms with E-state index in [2.05, 4.69) is 15.9 Å². The van der Waals surface area contributed by atoms with Crippen LogP contribution in [-0.4, -0.2) is 33.7 Å². The topological polar surface area (TPSA) is 38.1 Å². The predicted molar refractivity (Wildman–Crippen MR) is 121 cm³/mol. The molecule has 2 aromatic carbocycles. The molecule has 29 heavy (non-hydrogen) atoms. The Morgan fingerprint density at radius 2 is 1.72 bits per heavy atom. The number of hydrogen-bond acceptors (Lipinski definition) is 2. The number of hydrogen-bond donors (Lipinski definition) is 0. The van der Waals surface area contributed by atoms with E-state index in [0.29, 0.717) is 21.4 Å². The van der Waals surface area contributed by atoms with E-state index in [1.165, 1.54) is 6.42 Å². The number of carbonyl (C=O) groups is 1. The summed E-state index contributed by atoms with van der Waals surface area (Å²) in [4.78, 5) is 15.1. The monoisotopic (exact) mass is 491 g/mol. The second-order valence-electron chi connectivity index (χ2n) is 7.19. The minimum Gasteiger partial charge on any atom is -0.337 e. The number of halogens is 3. The highest BCUT2D eigenvalue weighted by Crippen LogP contribution is 2.33. The van der Waals surface area contributed by atoms with Crippen LogP contribution in [0.2, 0.25) is 10.0 Å². The van der Waals surface area contributed by atoms with Crippen LogP contribution in [-0.2, 0) is 0 Å². The van der Waals surface area contributed by atoms with Crippen LogP contribution in [0.15, 0.2) is 46.9 Å². The standard InChI is InChI=1S/C22H20BrCl2N3O/c1-14-20(22(29)27-11-3-2-4-12-27)26-28(19-10-9-17(24)13-18(19)25)21(14)15-5-7-16(23)8-6-15/h5-10,13H,2-4,11-12H2,1H3. The van der Waals surface area contributed by atoms with Crippen molar-refractivity contribution in [3.8, 4) is 16.9 Å². The van der Waals surface area contributed by atoms with Crippen molar-refractivity contribution in [2.45, 2.75) is 26.2 Å². The number of nitrogens with zero attached hydrogens (tertiary/aromatic N) is 3. The smallest absolute Gasteiger partial charge is 0.274 e. The van der Waals surface area contributed by atoms with Gasteiger partial charge in [-0.25, -0.2) is 4.68 Å². The zero-order valence-electron chi connectivity index (χ0n) is 16.0. The molecule has 0 aliphatic carbocycles. The van der Waals surface area contributed by atoms with E-state index in [-0.39, 0.29) is 5.91 Å². The molecule has 4 nitrogen and oxygen atoms in total. The average molecular weight is 493 g/mol. The number of likely N-dealkylation sites (tertiary alicyclic amines) is 1. The fourth-order valence-electron chi connectivity index (χ4n) is 3.72. The minimum atomic E-state index is -0.0237. The summed E-state index contributed by atoms with van der Waals surface area (Å²) in [5.74, 6) is -0.0237. The summed E-state index contributed by atoms with van der Waals surface area (Å²) in [6, 6.07) is 13.2. The molecule has 4 rings (SSSR count). The minimum absolute atomic E-state index is 0.0237. The van der Waals surface area contributed by atoms with Gasteiger partial charge in [0.15, 0.2) is 5.69 Å². The second kappa shape index (κ2) is 8.50. The van der Waals surface area contributed by atoms with Gasteiger partial charge < -0.3 is 4.90 Å². The number of benzene rings is 2. The lowest BCUT2D eigenvalue weighted by Crippen LogP contribution is -2.36. The van der Waals surface area contributed by atoms with Crippen LogP contribution >= 0.6 is 39.1 Å². The number of carbonyl (C=O) groups excluding carboxylic acids is 1. The molecule has 150 valence electrons.